The monoisotopic (exact) mass is 393 g/mol. The summed E-state index contributed by atoms with van der Waals surface area (Å²) in [4.78, 5) is 21.3. The number of fused-ring (bicyclic) bond motifs is 1. The maximum Gasteiger partial charge on any atom is 0.410 e. The number of hydrogen-bond donors (Lipinski definition) is 1. The van der Waals surface area contributed by atoms with Crippen molar-refractivity contribution in [2.75, 3.05) is 13.1 Å². The second-order valence-corrected chi connectivity index (χ2v) is 8.24. The fraction of sp³-hybridized carbons (Fsp3) is 0.304. The number of H-pyrrole nitrogens is 1. The number of aromatic nitrogens is 2. The van der Waals surface area contributed by atoms with Crippen molar-refractivity contribution in [1.29, 1.82) is 0 Å². The lowest BCUT2D eigenvalue weighted by Crippen LogP contribution is -2.39. The van der Waals surface area contributed by atoms with E-state index in [2.05, 4.69) is 9.97 Å². The quantitative estimate of drug-likeness (QED) is 0.635. The molecule has 150 valence electrons. The lowest BCUT2D eigenvalue weighted by Gasteiger charge is -2.29. The first-order valence-corrected chi connectivity index (χ1v) is 9.70. The van der Waals surface area contributed by atoms with Gasteiger partial charge in [0.2, 0.25) is 0 Å². The van der Waals surface area contributed by atoms with E-state index in [-0.39, 0.29) is 11.9 Å². The number of benzene rings is 1. The highest BCUT2D eigenvalue weighted by molar-refractivity contribution is 5.82. The summed E-state index contributed by atoms with van der Waals surface area (Å²) < 4.78 is 20.3. The largest absolute Gasteiger partial charge is 0.444 e. The number of rotatable bonds is 2. The molecule has 1 amide bonds. The SMILES string of the molecule is CC(C)(C)OC(=O)N1CC=C(c2ccc(-c3cnc4[nH]ccc4c3)cc2F)CC1. The lowest BCUT2D eigenvalue weighted by molar-refractivity contribution is 0.0270. The molecular formula is C23H24FN3O2. The van der Waals surface area contributed by atoms with Crippen molar-refractivity contribution in [2.24, 2.45) is 0 Å². The van der Waals surface area contributed by atoms with Crippen molar-refractivity contribution >= 4 is 22.7 Å². The maximum atomic E-state index is 14.9. The van der Waals surface area contributed by atoms with Crippen LogP contribution in [0.4, 0.5) is 9.18 Å². The highest BCUT2D eigenvalue weighted by atomic mass is 19.1. The Kier molecular flexibility index (Phi) is 4.86. The maximum absolute atomic E-state index is 14.9. The summed E-state index contributed by atoms with van der Waals surface area (Å²) in [5.41, 5.74) is 3.43. The van der Waals surface area contributed by atoms with Crippen LogP contribution >= 0.6 is 0 Å². The van der Waals surface area contributed by atoms with Gasteiger partial charge >= 0.3 is 6.09 Å². The van der Waals surface area contributed by atoms with Crippen LogP contribution in [0.5, 0.6) is 0 Å². The van der Waals surface area contributed by atoms with Gasteiger partial charge in [0.1, 0.15) is 17.1 Å². The second kappa shape index (κ2) is 7.35. The molecule has 0 saturated heterocycles. The highest BCUT2D eigenvalue weighted by Crippen LogP contribution is 2.30. The Hall–Kier alpha value is -3.15. The molecule has 29 heavy (non-hydrogen) atoms. The van der Waals surface area contributed by atoms with Crippen LogP contribution in [-0.2, 0) is 4.74 Å². The van der Waals surface area contributed by atoms with Gasteiger partial charge in [-0.25, -0.2) is 14.2 Å². The first-order chi connectivity index (χ1) is 13.8. The van der Waals surface area contributed by atoms with Gasteiger partial charge in [-0.2, -0.15) is 0 Å². The second-order valence-electron chi connectivity index (χ2n) is 8.24. The smallest absolute Gasteiger partial charge is 0.410 e. The number of nitrogens with one attached hydrogen (secondary N) is 1. The van der Waals surface area contributed by atoms with Crippen molar-refractivity contribution in [2.45, 2.75) is 32.8 Å². The van der Waals surface area contributed by atoms with E-state index in [9.17, 15) is 9.18 Å². The summed E-state index contributed by atoms with van der Waals surface area (Å²) >= 11 is 0. The summed E-state index contributed by atoms with van der Waals surface area (Å²) in [6.07, 6.45) is 5.73. The summed E-state index contributed by atoms with van der Waals surface area (Å²) in [5, 5.41) is 0.990. The van der Waals surface area contributed by atoms with Gasteiger partial charge in [0.25, 0.3) is 0 Å². The standard InChI is InChI=1S/C23H24FN3O2/c1-23(2,3)29-22(28)27-10-7-15(8-11-27)19-5-4-16(13-20(19)24)18-12-17-6-9-25-21(17)26-14-18/h4-7,9,12-14H,8,10-11H2,1-3H3,(H,25,26). The number of nitrogens with zero attached hydrogens (tertiary/aromatic N) is 2. The van der Waals surface area contributed by atoms with Gasteiger partial charge in [0.05, 0.1) is 0 Å². The summed E-state index contributed by atoms with van der Waals surface area (Å²) in [5.74, 6) is -0.270. The number of aromatic amines is 1. The van der Waals surface area contributed by atoms with E-state index in [4.69, 9.17) is 4.74 Å². The van der Waals surface area contributed by atoms with Crippen LogP contribution in [0.15, 0.2) is 48.8 Å². The van der Waals surface area contributed by atoms with Gasteiger partial charge < -0.3 is 14.6 Å². The zero-order valence-electron chi connectivity index (χ0n) is 16.8. The van der Waals surface area contributed by atoms with E-state index in [0.29, 0.717) is 25.1 Å². The Morgan fingerprint density at radius 1 is 1.21 bits per heavy atom. The number of amides is 1. The lowest BCUT2D eigenvalue weighted by atomic mass is 9.96. The van der Waals surface area contributed by atoms with E-state index in [1.807, 2.05) is 51.2 Å². The molecule has 0 atom stereocenters. The zero-order valence-corrected chi connectivity index (χ0v) is 16.8. The molecule has 3 aromatic rings. The molecule has 0 saturated carbocycles. The molecule has 0 fully saturated rings. The number of carbonyl (C=O) groups excluding carboxylic acids is 1. The molecule has 4 rings (SSSR count). The Bertz CT molecular complexity index is 1090. The third-order valence-electron chi connectivity index (χ3n) is 4.91. The van der Waals surface area contributed by atoms with Gasteiger partial charge in [0, 0.05) is 42.0 Å². The average molecular weight is 393 g/mol. The van der Waals surface area contributed by atoms with E-state index in [1.165, 1.54) is 0 Å². The predicted octanol–water partition coefficient (Wildman–Crippen LogP) is 5.39. The first kappa shape index (κ1) is 19.2. The summed E-state index contributed by atoms with van der Waals surface area (Å²) in [6, 6.07) is 9.20. The summed E-state index contributed by atoms with van der Waals surface area (Å²) in [7, 11) is 0. The van der Waals surface area contributed by atoms with Crippen LogP contribution < -0.4 is 0 Å². The van der Waals surface area contributed by atoms with E-state index in [1.54, 1.807) is 23.2 Å². The van der Waals surface area contributed by atoms with Crippen molar-refractivity contribution in [3.63, 3.8) is 0 Å². The predicted molar refractivity (Wildman–Crippen MR) is 112 cm³/mol. The molecule has 6 heteroatoms. The van der Waals surface area contributed by atoms with Crippen LogP contribution in [0.3, 0.4) is 0 Å². The average Bonchev–Trinajstić information content (AvgIpc) is 3.14. The Morgan fingerprint density at radius 2 is 2.03 bits per heavy atom. The molecule has 0 unspecified atom stereocenters. The molecule has 1 N–H and O–H groups in total. The minimum Gasteiger partial charge on any atom is -0.444 e. The van der Waals surface area contributed by atoms with Crippen molar-refractivity contribution in [3.05, 3.63) is 60.2 Å². The van der Waals surface area contributed by atoms with Gasteiger partial charge in [-0.15, -0.1) is 0 Å². The molecule has 0 bridgehead atoms. The van der Waals surface area contributed by atoms with Gasteiger partial charge in [-0.1, -0.05) is 18.2 Å². The summed E-state index contributed by atoms with van der Waals surface area (Å²) in [6.45, 7) is 6.46. The Balaban J connectivity index is 1.52. The third-order valence-corrected chi connectivity index (χ3v) is 4.91. The molecule has 0 aliphatic carbocycles. The third kappa shape index (κ3) is 4.16. The number of halogens is 1. The molecule has 2 aromatic heterocycles. The van der Waals surface area contributed by atoms with Crippen LogP contribution in [-0.4, -0.2) is 39.7 Å². The normalized spacial score (nSPS) is 14.8. The van der Waals surface area contributed by atoms with Crippen LogP contribution in [0, 0.1) is 5.82 Å². The highest BCUT2D eigenvalue weighted by Gasteiger charge is 2.24. The fourth-order valence-corrected chi connectivity index (χ4v) is 3.46. The molecule has 0 radical (unpaired) electrons. The van der Waals surface area contributed by atoms with Crippen molar-refractivity contribution in [3.8, 4) is 11.1 Å². The van der Waals surface area contributed by atoms with Crippen molar-refractivity contribution in [1.82, 2.24) is 14.9 Å². The van der Waals surface area contributed by atoms with Gasteiger partial charge in [0.15, 0.2) is 0 Å². The molecule has 1 aliphatic rings. The Morgan fingerprint density at radius 3 is 2.72 bits per heavy atom. The molecule has 1 aromatic carbocycles. The number of ether oxygens (including phenoxy) is 1. The van der Waals surface area contributed by atoms with Gasteiger partial charge in [-0.3, -0.25) is 0 Å². The first-order valence-electron chi connectivity index (χ1n) is 9.70. The minimum absolute atomic E-state index is 0.270. The molecule has 1 aliphatic heterocycles. The van der Waals surface area contributed by atoms with Crippen molar-refractivity contribution < 1.29 is 13.9 Å². The fourth-order valence-electron chi connectivity index (χ4n) is 3.46. The molecule has 5 nitrogen and oxygen atoms in total. The van der Waals surface area contributed by atoms with E-state index < -0.39 is 5.60 Å². The van der Waals surface area contributed by atoms with E-state index in [0.717, 1.165) is 27.7 Å². The minimum atomic E-state index is -0.527. The number of hydrogen-bond acceptors (Lipinski definition) is 3. The van der Waals surface area contributed by atoms with Crippen LogP contribution in [0.2, 0.25) is 0 Å². The molecule has 3 heterocycles. The van der Waals surface area contributed by atoms with Crippen LogP contribution in [0.25, 0.3) is 27.7 Å². The molecule has 0 spiro atoms. The van der Waals surface area contributed by atoms with Gasteiger partial charge in [-0.05, 0) is 56.5 Å². The number of pyridine rings is 1. The number of carbonyl (C=O) groups is 1. The topological polar surface area (TPSA) is 58.2 Å². The molecular weight excluding hydrogens is 369 g/mol. The Labute approximate surface area is 169 Å². The van der Waals surface area contributed by atoms with E-state index >= 15 is 0 Å². The van der Waals surface area contributed by atoms with Crippen LogP contribution in [0.1, 0.15) is 32.8 Å². The zero-order chi connectivity index (χ0) is 20.6.